The molecule has 0 saturated carbocycles. The Labute approximate surface area is 185 Å². The topological polar surface area (TPSA) is 19.4 Å². The van der Waals surface area contributed by atoms with Gasteiger partial charge in [-0.3, -0.25) is 0 Å². The van der Waals surface area contributed by atoms with Gasteiger partial charge in [0.15, 0.2) is 5.82 Å². The first kappa shape index (κ1) is 20.6. The average molecular weight is 435 g/mol. The van der Waals surface area contributed by atoms with E-state index in [4.69, 9.17) is 0 Å². The fraction of sp³-hybridized carbons (Fsp3) is 0.269. The number of nitrogens with zero attached hydrogens (tertiary/aromatic N) is 3. The Balaban J connectivity index is 1.85. The summed E-state index contributed by atoms with van der Waals surface area (Å²) in [7, 11) is 0. The SMILES string of the molecule is C=CC1c2ccccc2N2c3nc(C(F)(F)F)ccc3N(c3ccccc3C)C2C1(C)C. The lowest BCUT2D eigenvalue weighted by molar-refractivity contribution is -0.141. The molecule has 2 aliphatic rings. The highest BCUT2D eigenvalue weighted by molar-refractivity contribution is 5.89. The minimum Gasteiger partial charge on any atom is -0.316 e. The number of benzene rings is 2. The van der Waals surface area contributed by atoms with Gasteiger partial charge in [0.25, 0.3) is 0 Å². The van der Waals surface area contributed by atoms with Gasteiger partial charge in [-0.05, 0) is 42.3 Å². The van der Waals surface area contributed by atoms with Crippen molar-refractivity contribution in [3.05, 3.63) is 90.1 Å². The Bertz CT molecular complexity index is 1210. The lowest BCUT2D eigenvalue weighted by Gasteiger charge is -2.51. The summed E-state index contributed by atoms with van der Waals surface area (Å²) in [6.45, 7) is 10.4. The molecule has 2 aliphatic heterocycles. The van der Waals surface area contributed by atoms with Gasteiger partial charge in [-0.25, -0.2) is 4.98 Å². The third kappa shape index (κ3) is 2.78. The van der Waals surface area contributed by atoms with Gasteiger partial charge < -0.3 is 9.80 Å². The van der Waals surface area contributed by atoms with Crippen molar-refractivity contribution in [2.24, 2.45) is 5.41 Å². The number of anilines is 4. The molecule has 0 amide bonds. The van der Waals surface area contributed by atoms with E-state index >= 15 is 0 Å². The number of aromatic nitrogens is 1. The zero-order valence-corrected chi connectivity index (χ0v) is 18.2. The van der Waals surface area contributed by atoms with Crippen molar-refractivity contribution in [2.45, 2.75) is 39.0 Å². The van der Waals surface area contributed by atoms with E-state index in [9.17, 15) is 13.2 Å². The van der Waals surface area contributed by atoms with Crippen molar-refractivity contribution >= 4 is 22.9 Å². The highest BCUT2D eigenvalue weighted by Gasteiger charge is 2.54. The van der Waals surface area contributed by atoms with Crippen LogP contribution in [-0.4, -0.2) is 11.1 Å². The van der Waals surface area contributed by atoms with E-state index in [1.807, 2.05) is 66.4 Å². The number of fused-ring (bicyclic) bond motifs is 5. The van der Waals surface area contributed by atoms with Crippen LogP contribution >= 0.6 is 0 Å². The molecular formula is C26H24F3N3. The summed E-state index contributed by atoms with van der Waals surface area (Å²) in [4.78, 5) is 8.28. The monoisotopic (exact) mass is 435 g/mol. The fourth-order valence-electron chi connectivity index (χ4n) is 5.30. The molecule has 0 saturated heterocycles. The summed E-state index contributed by atoms with van der Waals surface area (Å²) >= 11 is 0. The lowest BCUT2D eigenvalue weighted by atomic mass is 9.68. The minimum atomic E-state index is -4.52. The molecule has 2 aromatic carbocycles. The van der Waals surface area contributed by atoms with Gasteiger partial charge in [0, 0.05) is 22.7 Å². The summed E-state index contributed by atoms with van der Waals surface area (Å²) in [5, 5.41) is 0. The van der Waals surface area contributed by atoms with Gasteiger partial charge >= 0.3 is 6.18 Å². The number of aryl methyl sites for hydroxylation is 1. The summed E-state index contributed by atoms with van der Waals surface area (Å²) < 4.78 is 40.9. The number of pyridine rings is 1. The van der Waals surface area contributed by atoms with E-state index in [1.165, 1.54) is 0 Å². The van der Waals surface area contributed by atoms with E-state index in [-0.39, 0.29) is 17.5 Å². The Kier molecular flexibility index (Phi) is 4.42. The van der Waals surface area contributed by atoms with Crippen LogP contribution in [0.1, 0.15) is 36.6 Å². The number of hydrogen-bond donors (Lipinski definition) is 0. The van der Waals surface area contributed by atoms with E-state index < -0.39 is 11.9 Å². The van der Waals surface area contributed by atoms with Crippen LogP contribution in [0.25, 0.3) is 0 Å². The van der Waals surface area contributed by atoms with Gasteiger partial charge in [0.05, 0.1) is 5.69 Å². The van der Waals surface area contributed by atoms with Crippen LogP contribution in [0.15, 0.2) is 73.3 Å². The summed E-state index contributed by atoms with van der Waals surface area (Å²) in [6, 6.07) is 18.4. The highest BCUT2D eigenvalue weighted by Crippen LogP contribution is 2.60. The van der Waals surface area contributed by atoms with Gasteiger partial charge in [-0.15, -0.1) is 6.58 Å². The number of halogens is 3. The normalized spacial score (nSPS) is 21.1. The maximum absolute atomic E-state index is 13.6. The molecular weight excluding hydrogens is 411 g/mol. The molecule has 2 atom stereocenters. The average Bonchev–Trinajstić information content (AvgIpc) is 3.09. The molecule has 0 aliphatic carbocycles. The predicted molar refractivity (Wildman–Crippen MR) is 122 cm³/mol. The second-order valence-electron chi connectivity index (χ2n) is 9.03. The molecule has 0 spiro atoms. The number of para-hydroxylation sites is 2. The van der Waals surface area contributed by atoms with Gasteiger partial charge in [0.1, 0.15) is 11.9 Å². The molecule has 0 fully saturated rings. The van der Waals surface area contributed by atoms with Crippen molar-refractivity contribution in [3.8, 4) is 0 Å². The van der Waals surface area contributed by atoms with Crippen LogP contribution in [0, 0.1) is 12.3 Å². The second kappa shape index (κ2) is 6.86. The number of alkyl halides is 3. The zero-order chi connectivity index (χ0) is 22.8. The molecule has 0 radical (unpaired) electrons. The van der Waals surface area contributed by atoms with Crippen LogP contribution in [0.4, 0.5) is 36.1 Å². The first-order valence-electron chi connectivity index (χ1n) is 10.6. The largest absolute Gasteiger partial charge is 0.433 e. The summed E-state index contributed by atoms with van der Waals surface area (Å²) in [6.07, 6.45) is -2.84. The van der Waals surface area contributed by atoms with E-state index in [1.54, 1.807) is 6.07 Å². The maximum Gasteiger partial charge on any atom is 0.433 e. The number of hydrogen-bond acceptors (Lipinski definition) is 3. The number of allylic oxidation sites excluding steroid dienone is 1. The van der Waals surface area contributed by atoms with Gasteiger partial charge in [-0.2, -0.15) is 13.2 Å². The van der Waals surface area contributed by atoms with Crippen LogP contribution in [0.5, 0.6) is 0 Å². The fourth-order valence-corrected chi connectivity index (χ4v) is 5.30. The molecule has 5 rings (SSSR count). The minimum absolute atomic E-state index is 0.0165. The van der Waals surface area contributed by atoms with Gasteiger partial charge in [-0.1, -0.05) is 56.3 Å². The van der Waals surface area contributed by atoms with E-state index in [2.05, 4.69) is 30.3 Å². The van der Waals surface area contributed by atoms with Crippen LogP contribution < -0.4 is 9.80 Å². The van der Waals surface area contributed by atoms with E-state index in [0.717, 1.165) is 28.6 Å². The molecule has 3 heterocycles. The molecule has 164 valence electrons. The van der Waals surface area contributed by atoms with Crippen molar-refractivity contribution in [1.29, 1.82) is 0 Å². The van der Waals surface area contributed by atoms with Crippen LogP contribution in [-0.2, 0) is 6.18 Å². The Morgan fingerprint density at radius 3 is 2.22 bits per heavy atom. The molecule has 0 bridgehead atoms. The lowest BCUT2D eigenvalue weighted by Crippen LogP contribution is -2.54. The first-order chi connectivity index (χ1) is 15.2. The maximum atomic E-state index is 13.6. The first-order valence-corrected chi connectivity index (χ1v) is 10.6. The molecule has 6 heteroatoms. The molecule has 0 N–H and O–H groups in total. The summed E-state index contributed by atoms with van der Waals surface area (Å²) in [5.41, 5.74) is 3.32. The summed E-state index contributed by atoms with van der Waals surface area (Å²) in [5.74, 6) is 0.346. The Morgan fingerprint density at radius 1 is 0.906 bits per heavy atom. The zero-order valence-electron chi connectivity index (χ0n) is 18.2. The third-order valence-corrected chi connectivity index (χ3v) is 6.73. The molecule has 32 heavy (non-hydrogen) atoms. The van der Waals surface area contributed by atoms with Crippen LogP contribution in [0.3, 0.4) is 0 Å². The number of rotatable bonds is 2. The highest BCUT2D eigenvalue weighted by atomic mass is 19.4. The van der Waals surface area contributed by atoms with Gasteiger partial charge in [0.2, 0.25) is 0 Å². The molecule has 1 aromatic heterocycles. The van der Waals surface area contributed by atoms with Crippen molar-refractivity contribution in [1.82, 2.24) is 4.98 Å². The molecule has 3 aromatic rings. The van der Waals surface area contributed by atoms with Crippen molar-refractivity contribution < 1.29 is 13.2 Å². The Morgan fingerprint density at radius 2 is 1.56 bits per heavy atom. The third-order valence-electron chi connectivity index (χ3n) is 6.73. The van der Waals surface area contributed by atoms with E-state index in [0.29, 0.717) is 11.5 Å². The second-order valence-corrected chi connectivity index (χ2v) is 9.03. The van der Waals surface area contributed by atoms with Crippen molar-refractivity contribution in [2.75, 3.05) is 9.80 Å². The van der Waals surface area contributed by atoms with Crippen LogP contribution in [0.2, 0.25) is 0 Å². The molecule has 3 nitrogen and oxygen atoms in total. The standard InChI is InChI=1S/C26H24F3N3/c1-5-18-17-11-7-9-13-20(17)32-23-21(14-15-22(30-23)26(27,28)29)31(24(32)25(18,3)4)19-12-8-6-10-16(19)2/h5-15,18,24H,1H2,2-4H3. The van der Waals surface area contributed by atoms with Crippen molar-refractivity contribution in [3.63, 3.8) is 0 Å². The predicted octanol–water partition coefficient (Wildman–Crippen LogP) is 7.33. The quantitative estimate of drug-likeness (QED) is 0.393. The smallest absolute Gasteiger partial charge is 0.316 e. The molecule has 2 unspecified atom stereocenters. The Hall–Kier alpha value is -3.28.